The van der Waals surface area contributed by atoms with Gasteiger partial charge in [0.1, 0.15) is 0 Å². The summed E-state index contributed by atoms with van der Waals surface area (Å²) in [6, 6.07) is 9.37. The summed E-state index contributed by atoms with van der Waals surface area (Å²) in [6.07, 6.45) is 0. The SMILES string of the molecule is CC(C)(O)C(C)(O)C#Cc1ccccc1. The molecule has 0 saturated heterocycles. The molecule has 80 valence electrons. The van der Waals surface area contributed by atoms with E-state index >= 15 is 0 Å². The molecule has 0 radical (unpaired) electrons. The maximum Gasteiger partial charge on any atom is 0.150 e. The largest absolute Gasteiger partial charge is 0.386 e. The van der Waals surface area contributed by atoms with E-state index in [0.29, 0.717) is 0 Å². The first-order valence-corrected chi connectivity index (χ1v) is 4.86. The molecule has 0 saturated carbocycles. The Balaban J connectivity index is 2.92. The molecule has 1 aromatic rings. The van der Waals surface area contributed by atoms with Crippen molar-refractivity contribution in [1.82, 2.24) is 0 Å². The summed E-state index contributed by atoms with van der Waals surface area (Å²) < 4.78 is 0. The number of rotatable bonds is 1. The second kappa shape index (κ2) is 4.06. The second-order valence-corrected chi connectivity index (χ2v) is 4.25. The molecule has 0 bridgehead atoms. The van der Waals surface area contributed by atoms with E-state index in [1.807, 2.05) is 30.3 Å². The first-order valence-electron chi connectivity index (χ1n) is 4.86. The molecule has 1 atom stereocenters. The van der Waals surface area contributed by atoms with Gasteiger partial charge in [0.2, 0.25) is 0 Å². The third-order valence-corrected chi connectivity index (χ3v) is 2.42. The first kappa shape index (κ1) is 11.8. The molecule has 2 heteroatoms. The molecule has 2 nitrogen and oxygen atoms in total. The van der Waals surface area contributed by atoms with E-state index in [-0.39, 0.29) is 0 Å². The monoisotopic (exact) mass is 204 g/mol. The molecule has 0 fully saturated rings. The zero-order valence-electron chi connectivity index (χ0n) is 9.28. The van der Waals surface area contributed by atoms with Gasteiger partial charge in [0.05, 0.1) is 5.60 Å². The number of hydrogen-bond donors (Lipinski definition) is 2. The summed E-state index contributed by atoms with van der Waals surface area (Å²) in [5, 5.41) is 19.6. The van der Waals surface area contributed by atoms with Crippen molar-refractivity contribution in [2.75, 3.05) is 0 Å². The lowest BCUT2D eigenvalue weighted by molar-refractivity contribution is -0.0820. The highest BCUT2D eigenvalue weighted by atomic mass is 16.3. The third kappa shape index (κ3) is 3.09. The van der Waals surface area contributed by atoms with Gasteiger partial charge in [0, 0.05) is 5.56 Å². The number of aliphatic hydroxyl groups is 2. The van der Waals surface area contributed by atoms with Crippen molar-refractivity contribution in [3.8, 4) is 11.8 Å². The molecule has 1 rings (SSSR count). The number of benzene rings is 1. The third-order valence-electron chi connectivity index (χ3n) is 2.42. The van der Waals surface area contributed by atoms with Crippen LogP contribution in [0.3, 0.4) is 0 Å². The summed E-state index contributed by atoms with van der Waals surface area (Å²) in [4.78, 5) is 0. The van der Waals surface area contributed by atoms with Gasteiger partial charge in [0.25, 0.3) is 0 Å². The minimum absolute atomic E-state index is 0.821. The van der Waals surface area contributed by atoms with E-state index in [0.717, 1.165) is 5.56 Å². The molecular formula is C13H16O2. The van der Waals surface area contributed by atoms with Crippen LogP contribution in [0.4, 0.5) is 0 Å². The van der Waals surface area contributed by atoms with Crippen LogP contribution >= 0.6 is 0 Å². The van der Waals surface area contributed by atoms with Crippen LogP contribution in [0.15, 0.2) is 30.3 Å². The fraction of sp³-hybridized carbons (Fsp3) is 0.385. The Morgan fingerprint density at radius 3 is 2.00 bits per heavy atom. The highest BCUT2D eigenvalue weighted by Gasteiger charge is 2.35. The van der Waals surface area contributed by atoms with Crippen LogP contribution in [0.2, 0.25) is 0 Å². The van der Waals surface area contributed by atoms with Gasteiger partial charge in [-0.3, -0.25) is 0 Å². The Kier molecular flexibility index (Phi) is 3.18. The maximum atomic E-state index is 9.89. The Bertz CT molecular complexity index is 374. The fourth-order valence-corrected chi connectivity index (χ4v) is 0.868. The van der Waals surface area contributed by atoms with E-state index in [1.165, 1.54) is 20.8 Å². The molecule has 0 aliphatic heterocycles. The normalized spacial score (nSPS) is 15.0. The van der Waals surface area contributed by atoms with E-state index < -0.39 is 11.2 Å². The van der Waals surface area contributed by atoms with Gasteiger partial charge in [-0.2, -0.15) is 0 Å². The summed E-state index contributed by atoms with van der Waals surface area (Å²) in [6.45, 7) is 4.57. The average molecular weight is 204 g/mol. The van der Waals surface area contributed by atoms with Gasteiger partial charge in [0.15, 0.2) is 5.60 Å². The van der Waals surface area contributed by atoms with Crippen molar-refractivity contribution in [3.63, 3.8) is 0 Å². The molecule has 0 amide bonds. The minimum atomic E-state index is -1.41. The van der Waals surface area contributed by atoms with E-state index in [9.17, 15) is 10.2 Å². The van der Waals surface area contributed by atoms with Gasteiger partial charge in [-0.05, 0) is 32.9 Å². The topological polar surface area (TPSA) is 40.5 Å². The summed E-state index contributed by atoms with van der Waals surface area (Å²) >= 11 is 0. The van der Waals surface area contributed by atoms with Gasteiger partial charge in [-0.25, -0.2) is 0 Å². The predicted molar refractivity (Wildman–Crippen MR) is 60.2 cm³/mol. The zero-order valence-corrected chi connectivity index (χ0v) is 9.28. The van der Waals surface area contributed by atoms with Crippen LogP contribution in [0.25, 0.3) is 0 Å². The van der Waals surface area contributed by atoms with Crippen molar-refractivity contribution >= 4 is 0 Å². The van der Waals surface area contributed by atoms with E-state index in [4.69, 9.17) is 0 Å². The Morgan fingerprint density at radius 2 is 1.53 bits per heavy atom. The Hall–Kier alpha value is -1.30. The second-order valence-electron chi connectivity index (χ2n) is 4.25. The molecule has 0 aliphatic carbocycles. The first-order chi connectivity index (χ1) is 6.83. The highest BCUT2D eigenvalue weighted by molar-refractivity contribution is 5.36. The Labute approximate surface area is 90.6 Å². The predicted octanol–water partition coefficient (Wildman–Crippen LogP) is 1.56. The maximum absolute atomic E-state index is 9.89. The Morgan fingerprint density at radius 1 is 1.00 bits per heavy atom. The molecular weight excluding hydrogens is 188 g/mol. The van der Waals surface area contributed by atoms with Gasteiger partial charge >= 0.3 is 0 Å². The molecule has 0 aliphatic rings. The highest BCUT2D eigenvalue weighted by Crippen LogP contribution is 2.20. The van der Waals surface area contributed by atoms with E-state index in [1.54, 1.807) is 0 Å². The standard InChI is InChI=1S/C13H16O2/c1-12(2,14)13(3,15)10-9-11-7-5-4-6-8-11/h4-8,14-15H,1-3H3. The van der Waals surface area contributed by atoms with Gasteiger partial charge in [-0.15, -0.1) is 0 Å². The van der Waals surface area contributed by atoms with Crippen LogP contribution in [-0.2, 0) is 0 Å². The van der Waals surface area contributed by atoms with Crippen molar-refractivity contribution in [2.45, 2.75) is 32.0 Å². The van der Waals surface area contributed by atoms with Crippen LogP contribution < -0.4 is 0 Å². The van der Waals surface area contributed by atoms with Crippen LogP contribution in [0.5, 0.6) is 0 Å². The summed E-state index contributed by atoms with van der Waals surface area (Å²) in [5.74, 6) is 5.50. The zero-order chi connectivity index (χ0) is 11.5. The molecule has 1 aromatic carbocycles. The van der Waals surface area contributed by atoms with Gasteiger partial charge < -0.3 is 10.2 Å². The summed E-state index contributed by atoms with van der Waals surface area (Å²) in [7, 11) is 0. The molecule has 0 aromatic heterocycles. The van der Waals surface area contributed by atoms with Crippen molar-refractivity contribution in [2.24, 2.45) is 0 Å². The average Bonchev–Trinajstić information content (AvgIpc) is 2.15. The summed E-state index contributed by atoms with van der Waals surface area (Å²) in [5.41, 5.74) is -1.83. The number of hydrogen-bond acceptors (Lipinski definition) is 2. The molecule has 2 N–H and O–H groups in total. The van der Waals surface area contributed by atoms with Crippen LogP contribution in [0.1, 0.15) is 26.3 Å². The van der Waals surface area contributed by atoms with Gasteiger partial charge in [-0.1, -0.05) is 30.0 Å². The van der Waals surface area contributed by atoms with Crippen LogP contribution in [0, 0.1) is 11.8 Å². The lowest BCUT2D eigenvalue weighted by atomic mass is 9.88. The van der Waals surface area contributed by atoms with Crippen LogP contribution in [-0.4, -0.2) is 21.4 Å². The molecule has 0 spiro atoms. The van der Waals surface area contributed by atoms with Crippen molar-refractivity contribution in [1.29, 1.82) is 0 Å². The molecule has 15 heavy (non-hydrogen) atoms. The quantitative estimate of drug-likeness (QED) is 0.681. The van der Waals surface area contributed by atoms with Crippen molar-refractivity contribution in [3.05, 3.63) is 35.9 Å². The smallest absolute Gasteiger partial charge is 0.150 e. The molecule has 0 heterocycles. The van der Waals surface area contributed by atoms with Crippen molar-refractivity contribution < 1.29 is 10.2 Å². The molecule has 1 unspecified atom stereocenters. The minimum Gasteiger partial charge on any atom is -0.386 e. The fourth-order valence-electron chi connectivity index (χ4n) is 0.868. The lowest BCUT2D eigenvalue weighted by Gasteiger charge is -2.30. The van der Waals surface area contributed by atoms with E-state index in [2.05, 4.69) is 11.8 Å². The lowest BCUT2D eigenvalue weighted by Crippen LogP contribution is -2.46.